The molecule has 3 nitrogen and oxygen atoms in total. The first kappa shape index (κ1) is 20.3. The molecule has 0 aromatic heterocycles. The molecule has 0 saturated heterocycles. The summed E-state index contributed by atoms with van der Waals surface area (Å²) in [5.74, 6) is 0. The van der Waals surface area contributed by atoms with Crippen molar-refractivity contribution in [3.8, 4) is 0 Å². The van der Waals surface area contributed by atoms with Crippen LogP contribution in [-0.2, 0) is 16.6 Å². The van der Waals surface area contributed by atoms with Crippen LogP contribution in [0.3, 0.4) is 0 Å². The minimum Gasteiger partial charge on any atom is -0.261 e. The number of fused-ring (bicyclic) bond motifs is 3. The van der Waals surface area contributed by atoms with Crippen molar-refractivity contribution in [1.29, 1.82) is 0 Å². The van der Waals surface area contributed by atoms with E-state index in [0.717, 1.165) is 32.7 Å². The van der Waals surface area contributed by atoms with Gasteiger partial charge in [0, 0.05) is 5.39 Å². The van der Waals surface area contributed by atoms with Gasteiger partial charge in [0.1, 0.15) is 0 Å². The Morgan fingerprint density at radius 3 is 1.97 bits per heavy atom. The Bertz CT molecular complexity index is 1510. The molecule has 0 amide bonds. The molecule has 0 aliphatic rings. The molecule has 0 bridgehead atoms. The van der Waals surface area contributed by atoms with Crippen molar-refractivity contribution in [2.45, 2.75) is 18.4 Å². The van der Waals surface area contributed by atoms with Crippen LogP contribution in [0.5, 0.6) is 0 Å². The first-order valence-corrected chi connectivity index (χ1v) is 12.0. The Hall–Kier alpha value is -3.63. The molecule has 4 heteroatoms. The molecule has 0 saturated carbocycles. The lowest BCUT2D eigenvalue weighted by atomic mass is 10.00. The van der Waals surface area contributed by atoms with Gasteiger partial charge in [-0.3, -0.25) is 4.31 Å². The van der Waals surface area contributed by atoms with E-state index in [-0.39, 0.29) is 11.4 Å². The number of aryl methyl sites for hydroxylation is 1. The predicted octanol–water partition coefficient (Wildman–Crippen LogP) is 6.70. The van der Waals surface area contributed by atoms with Crippen LogP contribution in [-0.4, -0.2) is 8.42 Å². The molecule has 32 heavy (non-hydrogen) atoms. The van der Waals surface area contributed by atoms with E-state index in [4.69, 9.17) is 0 Å². The van der Waals surface area contributed by atoms with Crippen LogP contribution in [0, 0.1) is 6.92 Å². The maximum atomic E-state index is 14.0. The normalized spacial score (nSPS) is 11.7. The monoisotopic (exact) mass is 437 g/mol. The van der Waals surface area contributed by atoms with Gasteiger partial charge < -0.3 is 0 Å². The molecule has 0 N–H and O–H groups in total. The average Bonchev–Trinajstić information content (AvgIpc) is 2.83. The molecule has 5 aromatic rings. The third-order valence-corrected chi connectivity index (χ3v) is 7.57. The van der Waals surface area contributed by atoms with Gasteiger partial charge in [0.05, 0.1) is 17.1 Å². The summed E-state index contributed by atoms with van der Waals surface area (Å²) in [4.78, 5) is 0.288. The largest absolute Gasteiger partial charge is 0.264 e. The summed E-state index contributed by atoms with van der Waals surface area (Å²) in [6, 6.07) is 34.9. The summed E-state index contributed by atoms with van der Waals surface area (Å²) in [6.45, 7) is 2.20. The zero-order valence-corrected chi connectivity index (χ0v) is 18.6. The lowest BCUT2D eigenvalue weighted by Gasteiger charge is -2.27. The van der Waals surface area contributed by atoms with Crippen LogP contribution in [0.25, 0.3) is 21.5 Å². The Balaban J connectivity index is 1.78. The fourth-order valence-electron chi connectivity index (χ4n) is 4.13. The number of sulfonamides is 1. The highest BCUT2D eigenvalue weighted by molar-refractivity contribution is 7.92. The Morgan fingerprint density at radius 1 is 0.656 bits per heavy atom. The van der Waals surface area contributed by atoms with Gasteiger partial charge >= 0.3 is 0 Å². The zero-order valence-electron chi connectivity index (χ0n) is 17.8. The van der Waals surface area contributed by atoms with E-state index in [1.165, 1.54) is 0 Å². The maximum Gasteiger partial charge on any atom is 0.264 e. The van der Waals surface area contributed by atoms with Crippen molar-refractivity contribution in [1.82, 2.24) is 0 Å². The number of hydrogen-bond donors (Lipinski definition) is 0. The predicted molar refractivity (Wildman–Crippen MR) is 132 cm³/mol. The van der Waals surface area contributed by atoms with Crippen LogP contribution in [0.2, 0.25) is 0 Å². The summed E-state index contributed by atoms with van der Waals surface area (Å²) in [5, 5.41) is 4.08. The highest BCUT2D eigenvalue weighted by atomic mass is 32.2. The van der Waals surface area contributed by atoms with E-state index in [0.29, 0.717) is 5.69 Å². The molecule has 158 valence electrons. The van der Waals surface area contributed by atoms with E-state index in [9.17, 15) is 8.42 Å². The maximum absolute atomic E-state index is 14.0. The Morgan fingerprint density at radius 2 is 1.25 bits per heavy atom. The smallest absolute Gasteiger partial charge is 0.261 e. The molecule has 0 radical (unpaired) electrons. The molecular formula is C28H23NO2S. The van der Waals surface area contributed by atoms with Crippen LogP contribution in [0.1, 0.15) is 11.1 Å². The van der Waals surface area contributed by atoms with Crippen molar-refractivity contribution in [3.63, 3.8) is 0 Å². The lowest BCUT2D eigenvalue weighted by molar-refractivity contribution is 0.590. The van der Waals surface area contributed by atoms with Gasteiger partial charge in [-0.05, 0) is 46.8 Å². The van der Waals surface area contributed by atoms with Crippen molar-refractivity contribution >= 4 is 37.3 Å². The lowest BCUT2D eigenvalue weighted by Crippen LogP contribution is -2.30. The van der Waals surface area contributed by atoms with E-state index >= 15 is 0 Å². The second-order valence-corrected chi connectivity index (χ2v) is 9.84. The van der Waals surface area contributed by atoms with Crippen LogP contribution in [0.4, 0.5) is 5.69 Å². The molecule has 5 rings (SSSR count). The van der Waals surface area contributed by atoms with E-state index < -0.39 is 10.0 Å². The summed E-state index contributed by atoms with van der Waals surface area (Å²) < 4.78 is 29.5. The third-order valence-electron chi connectivity index (χ3n) is 5.79. The molecule has 5 aromatic carbocycles. The summed E-state index contributed by atoms with van der Waals surface area (Å²) >= 11 is 0. The van der Waals surface area contributed by atoms with Crippen molar-refractivity contribution in [3.05, 3.63) is 120 Å². The highest BCUT2D eigenvalue weighted by Crippen LogP contribution is 2.37. The number of benzene rings is 5. The van der Waals surface area contributed by atoms with E-state index in [1.807, 2.05) is 91.9 Å². The fourth-order valence-corrected chi connectivity index (χ4v) is 5.59. The Kier molecular flexibility index (Phi) is 5.16. The van der Waals surface area contributed by atoms with Crippen molar-refractivity contribution in [2.75, 3.05) is 4.31 Å². The van der Waals surface area contributed by atoms with Gasteiger partial charge in [-0.15, -0.1) is 0 Å². The number of nitrogens with zero attached hydrogens (tertiary/aromatic N) is 1. The van der Waals surface area contributed by atoms with E-state index in [2.05, 4.69) is 12.1 Å². The number of hydrogen-bond acceptors (Lipinski definition) is 2. The molecule has 0 aliphatic carbocycles. The molecule has 0 atom stereocenters. The Labute approximate surface area is 188 Å². The second kappa shape index (κ2) is 8.13. The highest BCUT2D eigenvalue weighted by Gasteiger charge is 2.27. The zero-order chi connectivity index (χ0) is 22.1. The quantitative estimate of drug-likeness (QED) is 0.287. The van der Waals surface area contributed by atoms with Gasteiger partial charge in [0.2, 0.25) is 0 Å². The molecule has 0 unspecified atom stereocenters. The van der Waals surface area contributed by atoms with E-state index in [1.54, 1.807) is 16.4 Å². The second-order valence-electron chi connectivity index (χ2n) is 7.97. The SMILES string of the molecule is Cc1ccc(S(=O)(=O)N(Cc2ccccc2)c2cc3ccccc3c3ccccc23)cc1. The van der Waals surface area contributed by atoms with Gasteiger partial charge in [-0.2, -0.15) is 0 Å². The van der Waals surface area contributed by atoms with Crippen LogP contribution >= 0.6 is 0 Å². The molecule has 0 spiro atoms. The summed E-state index contributed by atoms with van der Waals surface area (Å²) in [7, 11) is -3.80. The molecule has 0 aliphatic heterocycles. The standard InChI is InChI=1S/C28H23NO2S/c1-21-15-17-24(18-16-21)32(30,31)29(20-22-9-3-2-4-10-22)28-19-23-11-5-6-12-25(23)26-13-7-8-14-27(26)28/h2-19H,20H2,1H3. The minimum absolute atomic E-state index is 0.249. The molecular weight excluding hydrogens is 414 g/mol. The summed E-state index contributed by atoms with van der Waals surface area (Å²) in [6.07, 6.45) is 0. The molecule has 0 heterocycles. The van der Waals surface area contributed by atoms with Crippen molar-refractivity contribution in [2.24, 2.45) is 0 Å². The number of anilines is 1. The van der Waals surface area contributed by atoms with Gasteiger partial charge in [0.25, 0.3) is 10.0 Å². The molecule has 0 fully saturated rings. The first-order valence-electron chi connectivity index (χ1n) is 10.6. The number of rotatable bonds is 5. The van der Waals surface area contributed by atoms with Gasteiger partial charge in [-0.25, -0.2) is 8.42 Å². The first-order chi connectivity index (χ1) is 15.5. The van der Waals surface area contributed by atoms with Crippen LogP contribution in [0.15, 0.2) is 114 Å². The summed E-state index contributed by atoms with van der Waals surface area (Å²) in [5.41, 5.74) is 2.64. The van der Waals surface area contributed by atoms with Gasteiger partial charge in [0.15, 0.2) is 0 Å². The third kappa shape index (κ3) is 3.63. The van der Waals surface area contributed by atoms with Crippen molar-refractivity contribution < 1.29 is 8.42 Å². The van der Waals surface area contributed by atoms with Crippen LogP contribution < -0.4 is 4.31 Å². The fraction of sp³-hybridized carbons (Fsp3) is 0.0714. The topological polar surface area (TPSA) is 37.4 Å². The average molecular weight is 438 g/mol. The van der Waals surface area contributed by atoms with Gasteiger partial charge in [-0.1, -0.05) is 96.6 Å². The minimum atomic E-state index is -3.80.